The summed E-state index contributed by atoms with van der Waals surface area (Å²) < 4.78 is 16.7. The molecule has 32 heavy (non-hydrogen) atoms. The van der Waals surface area contributed by atoms with Crippen LogP contribution in [0.3, 0.4) is 0 Å². The fourth-order valence-electron chi connectivity index (χ4n) is 2.52. The molecule has 0 spiro atoms. The van der Waals surface area contributed by atoms with E-state index >= 15 is 0 Å². The maximum Gasteiger partial charge on any atom is 0.343 e. The number of aliphatic carboxylic acids is 1. The number of carbonyl (C=O) groups excluding carboxylic acids is 1. The van der Waals surface area contributed by atoms with E-state index < -0.39 is 11.9 Å². The molecule has 1 N–H and O–H groups in total. The first-order chi connectivity index (χ1) is 15.5. The molecule has 0 atom stereocenters. The molecule has 0 aromatic heterocycles. The molecule has 2 aromatic carbocycles. The van der Waals surface area contributed by atoms with Gasteiger partial charge in [-0.05, 0) is 48.7 Å². The summed E-state index contributed by atoms with van der Waals surface area (Å²) in [5.74, 6) is -0.577. The number of carboxylic acid groups (broad SMARTS) is 1. The van der Waals surface area contributed by atoms with Gasteiger partial charge in [-0.2, -0.15) is 10.5 Å². The van der Waals surface area contributed by atoms with Gasteiger partial charge in [-0.1, -0.05) is 12.1 Å². The van der Waals surface area contributed by atoms with Gasteiger partial charge in [0.15, 0.2) is 0 Å². The largest absolute Gasteiger partial charge is 0.493 e. The summed E-state index contributed by atoms with van der Waals surface area (Å²) >= 11 is 0. The zero-order chi connectivity index (χ0) is 23.2. The first-order valence-corrected chi connectivity index (χ1v) is 9.89. The van der Waals surface area contributed by atoms with Crippen molar-refractivity contribution in [3.8, 4) is 29.4 Å². The molecule has 2 rings (SSSR count). The highest BCUT2D eigenvalue weighted by atomic mass is 16.5. The molecule has 0 aliphatic heterocycles. The van der Waals surface area contributed by atoms with Gasteiger partial charge in [0.25, 0.3) is 0 Å². The number of hydrogen-bond donors (Lipinski definition) is 1. The number of carboxylic acids is 1. The van der Waals surface area contributed by atoms with Gasteiger partial charge >= 0.3 is 11.9 Å². The maximum absolute atomic E-state index is 12.7. The van der Waals surface area contributed by atoms with Crippen LogP contribution >= 0.6 is 0 Å². The number of unbranched alkanes of at least 4 members (excludes halogenated alkanes) is 2. The third-order valence-corrected chi connectivity index (χ3v) is 4.03. The lowest BCUT2D eigenvalue weighted by Gasteiger charge is -2.12. The smallest absolute Gasteiger partial charge is 0.343 e. The van der Waals surface area contributed by atoms with Crippen LogP contribution in [-0.2, 0) is 4.79 Å². The first-order valence-electron chi connectivity index (χ1n) is 9.89. The molecule has 0 saturated heterocycles. The molecule has 8 nitrogen and oxygen atoms in total. The van der Waals surface area contributed by atoms with Crippen molar-refractivity contribution in [2.45, 2.75) is 25.7 Å². The van der Waals surface area contributed by atoms with E-state index in [0.717, 1.165) is 6.08 Å². The van der Waals surface area contributed by atoms with E-state index in [2.05, 4.69) is 0 Å². The Morgan fingerprint density at radius 3 is 1.94 bits per heavy atom. The fraction of sp³-hybridized carbons (Fsp3) is 0.250. The van der Waals surface area contributed by atoms with Crippen molar-refractivity contribution in [1.82, 2.24) is 0 Å². The summed E-state index contributed by atoms with van der Waals surface area (Å²) in [5, 5.41) is 26.0. The molecule has 0 aliphatic carbocycles. The average molecular weight is 434 g/mol. The Morgan fingerprint density at radius 2 is 1.44 bits per heavy atom. The third-order valence-electron chi connectivity index (χ3n) is 4.03. The normalized spacial score (nSPS) is 10.2. The second kappa shape index (κ2) is 13.1. The number of carbonyl (C=O) groups is 2. The van der Waals surface area contributed by atoms with Gasteiger partial charge in [0.2, 0.25) is 0 Å². The Balaban J connectivity index is 2.11. The quantitative estimate of drug-likeness (QED) is 0.226. The topological polar surface area (TPSA) is 130 Å². The first kappa shape index (κ1) is 24.0. The minimum atomic E-state index is -1.05. The van der Waals surface area contributed by atoms with Crippen LogP contribution in [0.1, 0.15) is 41.6 Å². The van der Waals surface area contributed by atoms with Gasteiger partial charge in [0, 0.05) is 25.0 Å². The summed E-state index contributed by atoms with van der Waals surface area (Å²) in [6, 6.07) is 15.1. The summed E-state index contributed by atoms with van der Waals surface area (Å²) in [4.78, 5) is 23.2. The van der Waals surface area contributed by atoms with Crippen LogP contribution < -0.4 is 14.2 Å². The van der Waals surface area contributed by atoms with Gasteiger partial charge < -0.3 is 19.3 Å². The number of nitrogens with zero attached hydrogens (tertiary/aromatic N) is 2. The van der Waals surface area contributed by atoms with Crippen LogP contribution in [0.2, 0.25) is 0 Å². The zero-order valence-electron chi connectivity index (χ0n) is 17.3. The van der Waals surface area contributed by atoms with E-state index in [9.17, 15) is 9.59 Å². The number of benzene rings is 2. The van der Waals surface area contributed by atoms with Gasteiger partial charge in [-0.25, -0.2) is 9.59 Å². The molecule has 0 unspecified atom stereocenters. The predicted molar refractivity (Wildman–Crippen MR) is 115 cm³/mol. The predicted octanol–water partition coefficient (Wildman–Crippen LogP) is 4.37. The Labute approximate surface area is 185 Å². The van der Waals surface area contributed by atoms with E-state index in [1.54, 1.807) is 30.3 Å². The van der Waals surface area contributed by atoms with Crippen LogP contribution in [0.5, 0.6) is 17.2 Å². The Bertz CT molecular complexity index is 992. The van der Waals surface area contributed by atoms with E-state index in [0.29, 0.717) is 61.7 Å². The standard InChI is InChI=1S/C24H22N2O6/c25-11-1-3-13-30-21-15-19(16-22(17-21)31-14-4-2-12-26)24(29)32-20-8-5-18(6-9-20)7-10-23(27)28/h5-10,15-17H,1-4,13-14H2,(H,27,28)/b10-7+. The number of esters is 1. The van der Waals surface area contributed by atoms with Gasteiger partial charge in [0.05, 0.1) is 30.9 Å². The number of hydrogen-bond acceptors (Lipinski definition) is 7. The SMILES string of the molecule is N#CCCCOc1cc(OCCCC#N)cc(C(=O)Oc2ccc(/C=C/C(=O)O)cc2)c1. The van der Waals surface area contributed by atoms with Crippen molar-refractivity contribution < 1.29 is 28.9 Å². The van der Waals surface area contributed by atoms with Crippen LogP contribution in [0.15, 0.2) is 48.5 Å². The second-order valence-corrected chi connectivity index (χ2v) is 6.54. The molecule has 0 radical (unpaired) electrons. The van der Waals surface area contributed by atoms with E-state index in [1.807, 2.05) is 12.1 Å². The van der Waals surface area contributed by atoms with Crippen LogP contribution in [0, 0.1) is 22.7 Å². The van der Waals surface area contributed by atoms with E-state index in [-0.39, 0.29) is 5.56 Å². The minimum Gasteiger partial charge on any atom is -0.493 e. The summed E-state index contributed by atoms with van der Waals surface area (Å²) in [6.07, 6.45) is 4.25. The summed E-state index contributed by atoms with van der Waals surface area (Å²) in [7, 11) is 0. The maximum atomic E-state index is 12.7. The van der Waals surface area contributed by atoms with E-state index in [1.165, 1.54) is 18.2 Å². The number of rotatable bonds is 12. The fourth-order valence-corrected chi connectivity index (χ4v) is 2.52. The Hall–Kier alpha value is -4.30. The van der Waals surface area contributed by atoms with Gasteiger partial charge in [-0.15, -0.1) is 0 Å². The third kappa shape index (κ3) is 8.60. The van der Waals surface area contributed by atoms with Gasteiger partial charge in [0.1, 0.15) is 17.2 Å². The zero-order valence-corrected chi connectivity index (χ0v) is 17.3. The van der Waals surface area contributed by atoms with Crippen molar-refractivity contribution in [3.63, 3.8) is 0 Å². The molecule has 2 aromatic rings. The molecular formula is C24H22N2O6. The van der Waals surface area contributed by atoms with Crippen molar-refractivity contribution in [1.29, 1.82) is 10.5 Å². The highest BCUT2D eigenvalue weighted by Gasteiger charge is 2.13. The van der Waals surface area contributed by atoms with Crippen molar-refractivity contribution in [2.75, 3.05) is 13.2 Å². The average Bonchev–Trinajstić information content (AvgIpc) is 2.79. The molecule has 0 saturated carbocycles. The number of ether oxygens (including phenoxy) is 3. The lowest BCUT2D eigenvalue weighted by molar-refractivity contribution is -0.131. The van der Waals surface area contributed by atoms with Crippen molar-refractivity contribution >= 4 is 18.0 Å². The second-order valence-electron chi connectivity index (χ2n) is 6.54. The lowest BCUT2D eigenvalue weighted by Crippen LogP contribution is -2.10. The van der Waals surface area contributed by atoms with E-state index in [4.69, 9.17) is 29.8 Å². The Kier molecular flexibility index (Phi) is 9.81. The highest BCUT2D eigenvalue weighted by Crippen LogP contribution is 2.25. The van der Waals surface area contributed by atoms with Crippen molar-refractivity contribution in [2.24, 2.45) is 0 Å². The molecule has 0 fully saturated rings. The lowest BCUT2D eigenvalue weighted by atomic mass is 10.2. The van der Waals surface area contributed by atoms with Crippen molar-refractivity contribution in [3.05, 3.63) is 59.7 Å². The minimum absolute atomic E-state index is 0.216. The molecular weight excluding hydrogens is 412 g/mol. The van der Waals surface area contributed by atoms with Crippen LogP contribution in [0.4, 0.5) is 0 Å². The van der Waals surface area contributed by atoms with Crippen LogP contribution in [-0.4, -0.2) is 30.3 Å². The molecule has 0 bridgehead atoms. The highest BCUT2D eigenvalue weighted by molar-refractivity contribution is 5.92. The summed E-state index contributed by atoms with van der Waals surface area (Å²) in [6.45, 7) is 0.622. The van der Waals surface area contributed by atoms with Gasteiger partial charge in [-0.3, -0.25) is 0 Å². The number of nitriles is 2. The Morgan fingerprint density at radius 1 is 0.875 bits per heavy atom. The summed E-state index contributed by atoms with van der Waals surface area (Å²) in [5.41, 5.74) is 0.862. The molecule has 0 amide bonds. The van der Waals surface area contributed by atoms with Crippen LogP contribution in [0.25, 0.3) is 6.08 Å². The molecule has 0 heterocycles. The molecule has 0 aliphatic rings. The monoisotopic (exact) mass is 434 g/mol. The molecule has 164 valence electrons. The molecule has 8 heteroatoms.